The van der Waals surface area contributed by atoms with Crippen molar-refractivity contribution in [2.75, 3.05) is 25.0 Å². The number of aromatic nitrogens is 1. The number of pyridine rings is 1. The van der Waals surface area contributed by atoms with Crippen LogP contribution >= 0.6 is 0 Å². The first-order valence-corrected chi connectivity index (χ1v) is 7.73. The Hall–Kier alpha value is -1.09. The minimum absolute atomic E-state index is 0.952. The van der Waals surface area contributed by atoms with E-state index in [1.165, 1.54) is 43.7 Å². The molecule has 0 saturated heterocycles. The van der Waals surface area contributed by atoms with Gasteiger partial charge in [0.15, 0.2) is 0 Å². The maximum Gasteiger partial charge on any atom is 0.0564 e. The van der Waals surface area contributed by atoms with Crippen LogP contribution in [0.2, 0.25) is 0 Å². The third-order valence-corrected chi connectivity index (χ3v) is 3.53. The third kappa shape index (κ3) is 5.19. The van der Waals surface area contributed by atoms with Gasteiger partial charge in [-0.3, -0.25) is 9.88 Å². The highest BCUT2D eigenvalue weighted by atomic mass is 15.1. The van der Waals surface area contributed by atoms with E-state index in [2.05, 4.69) is 41.2 Å². The lowest BCUT2D eigenvalue weighted by Crippen LogP contribution is -2.26. The van der Waals surface area contributed by atoms with Crippen molar-refractivity contribution < 1.29 is 0 Å². The minimum Gasteiger partial charge on any atom is -0.385 e. The van der Waals surface area contributed by atoms with Crippen molar-refractivity contribution in [2.24, 2.45) is 5.92 Å². The third-order valence-electron chi connectivity index (χ3n) is 3.53. The zero-order valence-corrected chi connectivity index (χ0v) is 12.4. The van der Waals surface area contributed by atoms with Gasteiger partial charge < -0.3 is 5.32 Å². The Morgan fingerprint density at radius 3 is 2.84 bits per heavy atom. The zero-order valence-electron chi connectivity index (χ0n) is 12.4. The molecule has 0 amide bonds. The van der Waals surface area contributed by atoms with Crippen molar-refractivity contribution in [3.05, 3.63) is 24.0 Å². The van der Waals surface area contributed by atoms with Crippen molar-refractivity contribution in [1.29, 1.82) is 0 Å². The van der Waals surface area contributed by atoms with Crippen LogP contribution < -0.4 is 5.32 Å². The van der Waals surface area contributed by atoms with E-state index >= 15 is 0 Å². The fourth-order valence-corrected chi connectivity index (χ4v) is 2.39. The number of rotatable bonds is 9. The van der Waals surface area contributed by atoms with Crippen LogP contribution in [0.15, 0.2) is 18.3 Å². The fraction of sp³-hybridized carbons (Fsp3) is 0.688. The predicted molar refractivity (Wildman–Crippen MR) is 81.3 cm³/mol. The quantitative estimate of drug-likeness (QED) is 0.737. The van der Waals surface area contributed by atoms with Gasteiger partial charge in [0.05, 0.1) is 5.69 Å². The average molecular weight is 261 g/mol. The Bertz CT molecular complexity index is 374. The van der Waals surface area contributed by atoms with Crippen LogP contribution in [0, 0.1) is 5.92 Å². The molecular weight excluding hydrogens is 234 g/mol. The second-order valence-corrected chi connectivity index (χ2v) is 5.64. The monoisotopic (exact) mass is 261 g/mol. The minimum atomic E-state index is 0.952. The first kappa shape index (κ1) is 14.3. The summed E-state index contributed by atoms with van der Waals surface area (Å²) >= 11 is 0. The van der Waals surface area contributed by atoms with Gasteiger partial charge >= 0.3 is 0 Å². The van der Waals surface area contributed by atoms with E-state index in [1.54, 1.807) is 0 Å². The molecule has 0 aliphatic heterocycles. The fourth-order valence-electron chi connectivity index (χ4n) is 2.39. The summed E-state index contributed by atoms with van der Waals surface area (Å²) in [5, 5.41) is 3.43. The van der Waals surface area contributed by atoms with E-state index in [1.807, 2.05) is 6.20 Å². The lowest BCUT2D eigenvalue weighted by atomic mass is 10.2. The summed E-state index contributed by atoms with van der Waals surface area (Å²) in [5.41, 5.74) is 2.39. The molecule has 19 heavy (non-hydrogen) atoms. The maximum atomic E-state index is 4.52. The lowest BCUT2D eigenvalue weighted by molar-refractivity contribution is 0.252. The Balaban J connectivity index is 1.90. The van der Waals surface area contributed by atoms with E-state index in [9.17, 15) is 0 Å². The Morgan fingerprint density at radius 1 is 1.32 bits per heavy atom. The van der Waals surface area contributed by atoms with E-state index in [4.69, 9.17) is 0 Å². The highest BCUT2D eigenvalue weighted by Gasteiger charge is 2.24. The summed E-state index contributed by atoms with van der Waals surface area (Å²) < 4.78 is 0. The van der Waals surface area contributed by atoms with E-state index < -0.39 is 0 Å². The van der Waals surface area contributed by atoms with Crippen LogP contribution in [-0.2, 0) is 6.54 Å². The molecule has 3 nitrogen and oxygen atoms in total. The molecule has 3 heteroatoms. The smallest absolute Gasteiger partial charge is 0.0564 e. The molecule has 0 spiro atoms. The molecule has 0 atom stereocenters. The molecule has 0 radical (unpaired) electrons. The molecule has 1 aromatic heterocycles. The molecule has 0 bridgehead atoms. The van der Waals surface area contributed by atoms with E-state index in [-0.39, 0.29) is 0 Å². The molecule has 1 aromatic rings. The summed E-state index contributed by atoms with van der Waals surface area (Å²) in [6, 6.07) is 4.26. The predicted octanol–water partition coefficient (Wildman–Crippen LogP) is 3.53. The van der Waals surface area contributed by atoms with Gasteiger partial charge in [-0.15, -0.1) is 0 Å². The Labute approximate surface area is 117 Å². The average Bonchev–Trinajstić information content (AvgIpc) is 3.21. The van der Waals surface area contributed by atoms with Gasteiger partial charge in [0.25, 0.3) is 0 Å². The normalized spacial score (nSPS) is 14.9. The maximum absolute atomic E-state index is 4.52. The van der Waals surface area contributed by atoms with Crippen LogP contribution in [-0.4, -0.2) is 29.5 Å². The molecular formula is C16H27N3. The van der Waals surface area contributed by atoms with Gasteiger partial charge in [0, 0.05) is 31.5 Å². The Kier molecular flexibility index (Phi) is 5.64. The standard InChI is InChI=1S/C16H27N3/c1-3-8-17-15-7-9-18-16(11-15)13-19(10-4-2)12-14-5-6-14/h7,9,11,14H,3-6,8,10,12-13H2,1-2H3,(H,17,18). The number of nitrogens with one attached hydrogen (secondary N) is 1. The molecule has 0 unspecified atom stereocenters. The largest absolute Gasteiger partial charge is 0.385 e. The molecule has 2 rings (SSSR count). The highest BCUT2D eigenvalue weighted by Crippen LogP contribution is 2.30. The molecule has 0 aromatic carbocycles. The van der Waals surface area contributed by atoms with Crippen LogP contribution in [0.5, 0.6) is 0 Å². The van der Waals surface area contributed by atoms with Crippen molar-refractivity contribution in [3.8, 4) is 0 Å². The van der Waals surface area contributed by atoms with Gasteiger partial charge in [-0.1, -0.05) is 13.8 Å². The van der Waals surface area contributed by atoms with Gasteiger partial charge in [0.2, 0.25) is 0 Å². The molecule has 1 fully saturated rings. The van der Waals surface area contributed by atoms with Crippen molar-refractivity contribution >= 4 is 5.69 Å². The van der Waals surface area contributed by atoms with Crippen LogP contribution in [0.1, 0.15) is 45.2 Å². The second-order valence-electron chi connectivity index (χ2n) is 5.64. The first-order valence-electron chi connectivity index (χ1n) is 7.73. The number of hydrogen-bond donors (Lipinski definition) is 1. The van der Waals surface area contributed by atoms with Gasteiger partial charge in [-0.2, -0.15) is 0 Å². The number of nitrogens with zero attached hydrogens (tertiary/aromatic N) is 2. The highest BCUT2D eigenvalue weighted by molar-refractivity contribution is 5.43. The van der Waals surface area contributed by atoms with Crippen LogP contribution in [0.25, 0.3) is 0 Å². The van der Waals surface area contributed by atoms with Gasteiger partial charge in [0.1, 0.15) is 0 Å². The van der Waals surface area contributed by atoms with E-state index in [0.717, 1.165) is 25.4 Å². The van der Waals surface area contributed by atoms with Crippen molar-refractivity contribution in [1.82, 2.24) is 9.88 Å². The topological polar surface area (TPSA) is 28.2 Å². The van der Waals surface area contributed by atoms with Gasteiger partial charge in [-0.25, -0.2) is 0 Å². The van der Waals surface area contributed by atoms with Crippen LogP contribution in [0.4, 0.5) is 5.69 Å². The molecule has 106 valence electrons. The first-order chi connectivity index (χ1) is 9.31. The second kappa shape index (κ2) is 7.49. The molecule has 1 heterocycles. The summed E-state index contributed by atoms with van der Waals surface area (Å²) in [6.07, 6.45) is 7.15. The summed E-state index contributed by atoms with van der Waals surface area (Å²) in [7, 11) is 0. The number of anilines is 1. The summed E-state index contributed by atoms with van der Waals surface area (Å²) in [4.78, 5) is 7.07. The molecule has 1 N–H and O–H groups in total. The summed E-state index contributed by atoms with van der Waals surface area (Å²) in [6.45, 7) is 8.91. The van der Waals surface area contributed by atoms with Crippen LogP contribution in [0.3, 0.4) is 0 Å². The molecule has 1 aliphatic rings. The van der Waals surface area contributed by atoms with Crippen molar-refractivity contribution in [2.45, 2.75) is 46.1 Å². The van der Waals surface area contributed by atoms with E-state index in [0.29, 0.717) is 0 Å². The Morgan fingerprint density at radius 2 is 2.16 bits per heavy atom. The SMILES string of the molecule is CCCNc1ccnc(CN(CCC)CC2CC2)c1. The summed E-state index contributed by atoms with van der Waals surface area (Å²) in [5.74, 6) is 0.952. The molecule has 1 saturated carbocycles. The lowest BCUT2D eigenvalue weighted by Gasteiger charge is -2.21. The van der Waals surface area contributed by atoms with Gasteiger partial charge in [-0.05, 0) is 50.3 Å². The van der Waals surface area contributed by atoms with Crippen molar-refractivity contribution in [3.63, 3.8) is 0 Å². The number of hydrogen-bond acceptors (Lipinski definition) is 3. The zero-order chi connectivity index (χ0) is 13.5. The molecule has 1 aliphatic carbocycles.